The zero-order chi connectivity index (χ0) is 21.7. The van der Waals surface area contributed by atoms with E-state index in [2.05, 4.69) is 34.6 Å². The molecule has 0 spiro atoms. The van der Waals surface area contributed by atoms with E-state index in [1.165, 1.54) is 66.5 Å². The predicted molar refractivity (Wildman–Crippen MR) is 117 cm³/mol. The molecule has 0 amide bonds. The molecule has 2 unspecified atom stereocenters. The van der Waals surface area contributed by atoms with Crippen LogP contribution >= 0.6 is 7.82 Å². The van der Waals surface area contributed by atoms with Crippen LogP contribution in [-0.2, 0) is 13.6 Å². The van der Waals surface area contributed by atoms with E-state index in [9.17, 15) is 9.46 Å². The molecule has 169 valence electrons. The number of hydrogen-bond acceptors (Lipinski definition) is 3. The van der Waals surface area contributed by atoms with Crippen molar-refractivity contribution in [1.29, 1.82) is 0 Å². The fraction of sp³-hybridized carbons (Fsp3) is 1.00. The van der Waals surface area contributed by atoms with Crippen LogP contribution in [0.4, 0.5) is 0 Å². The molecule has 0 aliphatic heterocycles. The van der Waals surface area contributed by atoms with Crippen LogP contribution < -0.4 is 0 Å². The van der Waals surface area contributed by atoms with Crippen LogP contribution in [0.15, 0.2) is 0 Å². The van der Waals surface area contributed by atoms with Crippen LogP contribution in [-0.4, -0.2) is 18.1 Å². The molecule has 0 bridgehead atoms. The number of phosphoric acid groups is 1. The number of hydrogen-bond donors (Lipinski definition) is 1. The molecule has 0 fully saturated rings. The summed E-state index contributed by atoms with van der Waals surface area (Å²) in [5.74, 6) is 0.687. The summed E-state index contributed by atoms with van der Waals surface area (Å²) in [4.78, 5) is 9.77. The molecule has 0 rings (SSSR count). The molecule has 0 aliphatic rings. The van der Waals surface area contributed by atoms with Crippen molar-refractivity contribution >= 4 is 7.82 Å². The van der Waals surface area contributed by atoms with E-state index in [1.54, 1.807) is 0 Å². The van der Waals surface area contributed by atoms with Crippen molar-refractivity contribution in [3.8, 4) is 0 Å². The van der Waals surface area contributed by atoms with E-state index >= 15 is 0 Å². The molecule has 0 aliphatic carbocycles. The van der Waals surface area contributed by atoms with Gasteiger partial charge in [0.2, 0.25) is 0 Å². The summed E-state index contributed by atoms with van der Waals surface area (Å²) in [6.07, 6.45) is 14.3. The summed E-state index contributed by atoms with van der Waals surface area (Å²) in [6, 6.07) is 0. The van der Waals surface area contributed by atoms with Gasteiger partial charge < -0.3 is 4.89 Å². The van der Waals surface area contributed by atoms with Gasteiger partial charge in [-0.1, -0.05) is 66.2 Å². The van der Waals surface area contributed by atoms with Crippen LogP contribution in [0.2, 0.25) is 2.07 Å². The van der Waals surface area contributed by atoms with Gasteiger partial charge in [-0.05, 0) is 24.7 Å². The Morgan fingerprint density at radius 3 is 1.50 bits per heavy atom. The third-order valence-electron chi connectivity index (χ3n) is 5.06. The zero-order valence-electron chi connectivity index (χ0n) is 19.4. The van der Waals surface area contributed by atoms with Crippen LogP contribution in [0, 0.1) is 50.6 Å². The van der Waals surface area contributed by atoms with Crippen molar-refractivity contribution < 1.29 is 57.3 Å². The average Bonchev–Trinajstić information content (AvgIpc) is 2.69. The van der Waals surface area contributed by atoms with Gasteiger partial charge in [-0.3, -0.25) is 9.05 Å². The SMILES string of the molecule is CCCCC(CC)COP(=O)(O)OCC(CC)CCCC.CCCCC[CH2][Nd]. The minimum absolute atomic E-state index is 0.316. The molecule has 4 nitrogen and oxygen atoms in total. The van der Waals surface area contributed by atoms with E-state index in [0.717, 1.165) is 51.4 Å². The monoisotopic (exact) mass is 549 g/mol. The second-order valence-corrected chi connectivity index (χ2v) is 10.8. The van der Waals surface area contributed by atoms with Gasteiger partial charge in [0.05, 0.1) is 13.2 Å². The van der Waals surface area contributed by atoms with Gasteiger partial charge in [0.25, 0.3) is 0 Å². The normalized spacial score (nSPS) is 15.3. The molecule has 0 radical (unpaired) electrons. The van der Waals surface area contributed by atoms with E-state index in [0.29, 0.717) is 25.0 Å². The van der Waals surface area contributed by atoms with Gasteiger partial charge in [0, 0.05) is 0 Å². The molecule has 1 N–H and O–H groups in total. The van der Waals surface area contributed by atoms with Crippen molar-refractivity contribution in [2.24, 2.45) is 11.8 Å². The van der Waals surface area contributed by atoms with Gasteiger partial charge in [0.15, 0.2) is 0 Å². The van der Waals surface area contributed by atoms with Crippen molar-refractivity contribution in [3.63, 3.8) is 0 Å². The summed E-state index contributed by atoms with van der Waals surface area (Å²) >= 11 is 1.41. The molecular weight excluding hydrogens is 503 g/mol. The fourth-order valence-electron chi connectivity index (χ4n) is 2.78. The molecule has 28 heavy (non-hydrogen) atoms. The number of rotatable bonds is 18. The molecular formula is C22H48NdO4P. The van der Waals surface area contributed by atoms with Crippen LogP contribution in [0.25, 0.3) is 0 Å². The van der Waals surface area contributed by atoms with Gasteiger partial charge in [-0.2, -0.15) is 0 Å². The van der Waals surface area contributed by atoms with Crippen molar-refractivity contribution in [3.05, 3.63) is 0 Å². The Balaban J connectivity index is 0. The Morgan fingerprint density at radius 1 is 0.750 bits per heavy atom. The average molecular weight is 552 g/mol. The molecule has 0 aromatic carbocycles. The maximum absolute atomic E-state index is 11.9. The molecule has 6 heteroatoms. The Labute approximate surface area is 202 Å². The molecule has 0 saturated heterocycles. The van der Waals surface area contributed by atoms with Crippen LogP contribution in [0.1, 0.15) is 112 Å². The van der Waals surface area contributed by atoms with E-state index in [1.807, 2.05) is 0 Å². The van der Waals surface area contributed by atoms with Gasteiger partial charge in [0.1, 0.15) is 0 Å². The molecule has 0 saturated carbocycles. The van der Waals surface area contributed by atoms with E-state index < -0.39 is 7.82 Å². The Hall–Kier alpha value is 1.46. The van der Waals surface area contributed by atoms with Gasteiger partial charge in [-0.25, -0.2) is 4.57 Å². The summed E-state index contributed by atoms with van der Waals surface area (Å²) in [5.41, 5.74) is 0. The van der Waals surface area contributed by atoms with Gasteiger partial charge >= 0.3 is 81.3 Å². The van der Waals surface area contributed by atoms with Gasteiger partial charge in [-0.15, -0.1) is 0 Å². The van der Waals surface area contributed by atoms with E-state index in [4.69, 9.17) is 9.05 Å². The van der Waals surface area contributed by atoms with Crippen molar-refractivity contribution in [1.82, 2.24) is 0 Å². The molecule has 0 heterocycles. The molecule has 2 atom stereocenters. The summed E-state index contributed by atoms with van der Waals surface area (Å²) in [6.45, 7) is 11.4. The minimum atomic E-state index is -3.89. The number of unbranched alkanes of at least 4 members (excludes halogenated alkanes) is 5. The first-order valence-electron chi connectivity index (χ1n) is 11.7. The zero-order valence-corrected chi connectivity index (χ0v) is 23.5. The fourth-order valence-corrected chi connectivity index (χ4v) is 4.46. The second kappa shape index (κ2) is 23.1. The molecule has 0 aromatic rings. The first-order chi connectivity index (χ1) is 13.4. The van der Waals surface area contributed by atoms with Crippen LogP contribution in [0.5, 0.6) is 0 Å². The summed E-state index contributed by atoms with van der Waals surface area (Å²) < 4.78 is 23.7. The third kappa shape index (κ3) is 22.2. The van der Waals surface area contributed by atoms with E-state index in [-0.39, 0.29) is 0 Å². The Bertz CT molecular complexity index is 327. The topological polar surface area (TPSA) is 55.8 Å². The second-order valence-electron chi connectivity index (χ2n) is 7.70. The quantitative estimate of drug-likeness (QED) is 0.138. The maximum atomic E-state index is 11.9. The Morgan fingerprint density at radius 2 is 1.18 bits per heavy atom. The van der Waals surface area contributed by atoms with Crippen LogP contribution in [0.3, 0.4) is 0 Å². The first kappa shape index (κ1) is 31.6. The molecule has 0 aromatic heterocycles. The summed E-state index contributed by atoms with van der Waals surface area (Å²) in [5, 5.41) is 0. The Kier molecular flexibility index (Phi) is 26.1. The third-order valence-corrected chi connectivity index (χ3v) is 7.15. The van der Waals surface area contributed by atoms with Crippen molar-refractivity contribution in [2.45, 2.75) is 114 Å². The summed E-state index contributed by atoms with van der Waals surface area (Å²) in [7, 11) is -3.89. The predicted octanol–water partition coefficient (Wildman–Crippen LogP) is 8.09. The first-order valence-corrected chi connectivity index (χ1v) is 15.4. The van der Waals surface area contributed by atoms with Crippen molar-refractivity contribution in [2.75, 3.05) is 13.2 Å². The number of phosphoric ester groups is 1. The standard InChI is InChI=1S/C16H35O4P.C6H13.Nd/c1-5-9-11-15(7-3)13-19-21(17,18)20-14-16(8-4)12-10-6-2;1-3-5-6-4-2;/h15-16H,5-14H2,1-4H3,(H,17,18);1,3-6H2,2H3;.